The molecular weight excluding hydrogens is 272 g/mol. The molecule has 112 valence electrons. The third kappa shape index (κ3) is 2.88. The Balaban J connectivity index is 2.00. The number of aliphatic hydroxyl groups is 1. The van der Waals surface area contributed by atoms with Gasteiger partial charge in [-0.15, -0.1) is 0 Å². The van der Waals surface area contributed by atoms with Gasteiger partial charge in [0, 0.05) is 6.42 Å². The number of carbonyl (C=O) groups excluding carboxylic acids is 1. The number of rotatable bonds is 4. The molecule has 1 N–H and O–H groups in total. The minimum Gasteiger partial charge on any atom is -0.380 e. The molecule has 1 aliphatic rings. The molecule has 1 fully saturated rings. The van der Waals surface area contributed by atoms with E-state index in [1.54, 1.807) is 6.08 Å². The summed E-state index contributed by atoms with van der Waals surface area (Å²) in [7, 11) is 0. The van der Waals surface area contributed by atoms with E-state index in [2.05, 4.69) is 0 Å². The van der Waals surface area contributed by atoms with Gasteiger partial charge in [-0.25, -0.2) is 0 Å². The van der Waals surface area contributed by atoms with E-state index in [0.29, 0.717) is 6.42 Å². The lowest BCUT2D eigenvalue weighted by Crippen LogP contribution is -2.35. The second-order valence-corrected chi connectivity index (χ2v) is 5.85. The minimum absolute atomic E-state index is 0.157. The summed E-state index contributed by atoms with van der Waals surface area (Å²) >= 11 is 0. The molecule has 2 aromatic rings. The molecule has 0 heterocycles. The van der Waals surface area contributed by atoms with E-state index >= 15 is 0 Å². The fourth-order valence-electron chi connectivity index (χ4n) is 3.19. The van der Waals surface area contributed by atoms with Crippen LogP contribution in [0, 0.1) is 5.92 Å². The molecule has 22 heavy (non-hydrogen) atoms. The Morgan fingerprint density at radius 1 is 1.00 bits per heavy atom. The van der Waals surface area contributed by atoms with E-state index in [4.69, 9.17) is 0 Å². The summed E-state index contributed by atoms with van der Waals surface area (Å²) in [6, 6.07) is 19.3. The third-order valence-corrected chi connectivity index (χ3v) is 4.40. The molecule has 0 bridgehead atoms. The quantitative estimate of drug-likeness (QED) is 0.926. The highest BCUT2D eigenvalue weighted by atomic mass is 16.3. The highest BCUT2D eigenvalue weighted by Gasteiger charge is 2.42. The summed E-state index contributed by atoms with van der Waals surface area (Å²) in [5, 5.41) is 11.3. The molecule has 1 saturated carbocycles. The van der Waals surface area contributed by atoms with Crippen LogP contribution >= 0.6 is 0 Å². The predicted octanol–water partition coefficient (Wildman–Crippen LogP) is 3.96. The van der Waals surface area contributed by atoms with Gasteiger partial charge in [-0.1, -0.05) is 66.7 Å². The summed E-state index contributed by atoms with van der Waals surface area (Å²) in [6.07, 6.45) is 5.85. The van der Waals surface area contributed by atoms with Crippen molar-refractivity contribution in [1.29, 1.82) is 0 Å². The first kappa shape index (κ1) is 14.7. The lowest BCUT2D eigenvalue weighted by molar-refractivity contribution is -0.126. The maximum atomic E-state index is 12.2. The molecule has 0 amide bonds. The minimum atomic E-state index is -1.23. The SMILES string of the molecule is O=C1CCCC1C(O)(/C=C/c1ccccc1)c1ccccc1. The van der Waals surface area contributed by atoms with Crippen molar-refractivity contribution < 1.29 is 9.90 Å². The molecule has 2 unspecified atom stereocenters. The lowest BCUT2D eigenvalue weighted by atomic mass is 9.79. The highest BCUT2D eigenvalue weighted by molar-refractivity contribution is 5.85. The first-order valence-electron chi connectivity index (χ1n) is 7.75. The average molecular weight is 292 g/mol. The zero-order valence-electron chi connectivity index (χ0n) is 12.5. The van der Waals surface area contributed by atoms with E-state index in [9.17, 15) is 9.90 Å². The molecule has 0 radical (unpaired) electrons. The van der Waals surface area contributed by atoms with Crippen molar-refractivity contribution in [3.8, 4) is 0 Å². The van der Waals surface area contributed by atoms with E-state index < -0.39 is 5.60 Å². The van der Waals surface area contributed by atoms with Crippen LogP contribution in [0.25, 0.3) is 6.08 Å². The number of hydrogen-bond donors (Lipinski definition) is 1. The second kappa shape index (κ2) is 6.29. The van der Waals surface area contributed by atoms with E-state index in [0.717, 1.165) is 24.0 Å². The maximum Gasteiger partial charge on any atom is 0.139 e. The van der Waals surface area contributed by atoms with Crippen molar-refractivity contribution in [3.63, 3.8) is 0 Å². The van der Waals surface area contributed by atoms with Crippen LogP contribution < -0.4 is 0 Å². The van der Waals surface area contributed by atoms with Crippen LogP contribution in [-0.2, 0) is 10.4 Å². The van der Waals surface area contributed by atoms with Crippen molar-refractivity contribution in [3.05, 3.63) is 77.9 Å². The molecule has 2 atom stereocenters. The van der Waals surface area contributed by atoms with Gasteiger partial charge in [0.25, 0.3) is 0 Å². The fraction of sp³-hybridized carbons (Fsp3) is 0.250. The molecule has 2 nitrogen and oxygen atoms in total. The van der Waals surface area contributed by atoms with Crippen molar-refractivity contribution in [2.75, 3.05) is 0 Å². The summed E-state index contributed by atoms with van der Waals surface area (Å²) < 4.78 is 0. The molecule has 2 aromatic carbocycles. The first-order valence-corrected chi connectivity index (χ1v) is 7.75. The number of benzene rings is 2. The monoisotopic (exact) mass is 292 g/mol. The molecule has 0 saturated heterocycles. The molecule has 1 aliphatic carbocycles. The Labute approximate surface area is 131 Å². The first-order chi connectivity index (χ1) is 10.7. The van der Waals surface area contributed by atoms with E-state index in [1.165, 1.54) is 0 Å². The van der Waals surface area contributed by atoms with Gasteiger partial charge in [-0.3, -0.25) is 4.79 Å². The number of hydrogen-bond acceptors (Lipinski definition) is 2. The molecular formula is C20H20O2. The lowest BCUT2D eigenvalue weighted by Gasteiger charge is -2.31. The normalized spacial score (nSPS) is 21.1. The van der Waals surface area contributed by atoms with Crippen LogP contribution in [0.1, 0.15) is 30.4 Å². The fourth-order valence-corrected chi connectivity index (χ4v) is 3.19. The van der Waals surface area contributed by atoms with Crippen molar-refractivity contribution in [1.82, 2.24) is 0 Å². The molecule has 0 aromatic heterocycles. The van der Waals surface area contributed by atoms with Crippen LogP contribution in [0.3, 0.4) is 0 Å². The van der Waals surface area contributed by atoms with Gasteiger partial charge in [-0.05, 0) is 30.0 Å². The number of Topliss-reactive ketones (excluding diaryl/α,β-unsaturated/α-hetero) is 1. The summed E-state index contributed by atoms with van der Waals surface area (Å²) in [4.78, 5) is 12.2. The predicted molar refractivity (Wildman–Crippen MR) is 88.2 cm³/mol. The Hall–Kier alpha value is -2.19. The van der Waals surface area contributed by atoms with Crippen molar-refractivity contribution in [2.45, 2.75) is 24.9 Å². The van der Waals surface area contributed by atoms with Gasteiger partial charge in [0.2, 0.25) is 0 Å². The van der Waals surface area contributed by atoms with E-state index in [1.807, 2.05) is 66.7 Å². The average Bonchev–Trinajstić information content (AvgIpc) is 3.01. The molecule has 0 spiro atoms. The maximum absolute atomic E-state index is 12.2. The molecule has 0 aliphatic heterocycles. The third-order valence-electron chi connectivity index (χ3n) is 4.40. The summed E-state index contributed by atoms with van der Waals surface area (Å²) in [5.41, 5.74) is 0.565. The van der Waals surface area contributed by atoms with Gasteiger partial charge in [-0.2, -0.15) is 0 Å². The Kier molecular flexibility index (Phi) is 4.21. The Bertz CT molecular complexity index is 661. The summed E-state index contributed by atoms with van der Waals surface area (Å²) in [6.45, 7) is 0. The van der Waals surface area contributed by atoms with Gasteiger partial charge >= 0.3 is 0 Å². The largest absolute Gasteiger partial charge is 0.380 e. The van der Waals surface area contributed by atoms with Crippen molar-refractivity contribution in [2.24, 2.45) is 5.92 Å². The zero-order chi connectivity index (χ0) is 15.4. The van der Waals surface area contributed by atoms with Crippen LogP contribution in [-0.4, -0.2) is 10.9 Å². The van der Waals surface area contributed by atoms with Gasteiger partial charge in [0.05, 0.1) is 5.92 Å². The van der Waals surface area contributed by atoms with Gasteiger partial charge in [0.15, 0.2) is 0 Å². The summed E-state index contributed by atoms with van der Waals surface area (Å²) in [5.74, 6) is -0.195. The van der Waals surface area contributed by atoms with Crippen LogP contribution in [0.2, 0.25) is 0 Å². The Morgan fingerprint density at radius 2 is 1.64 bits per heavy atom. The van der Waals surface area contributed by atoms with Crippen LogP contribution in [0.4, 0.5) is 0 Å². The van der Waals surface area contributed by atoms with Crippen LogP contribution in [0.15, 0.2) is 66.7 Å². The van der Waals surface area contributed by atoms with Crippen LogP contribution in [0.5, 0.6) is 0 Å². The van der Waals surface area contributed by atoms with Crippen molar-refractivity contribution >= 4 is 11.9 Å². The number of carbonyl (C=O) groups is 1. The van der Waals surface area contributed by atoms with E-state index in [-0.39, 0.29) is 11.7 Å². The molecule has 3 rings (SSSR count). The smallest absolute Gasteiger partial charge is 0.139 e. The molecule has 2 heteroatoms. The number of ketones is 1. The van der Waals surface area contributed by atoms with Gasteiger partial charge in [0.1, 0.15) is 11.4 Å². The zero-order valence-corrected chi connectivity index (χ0v) is 12.5. The topological polar surface area (TPSA) is 37.3 Å². The highest BCUT2D eigenvalue weighted by Crippen LogP contribution is 2.40. The Morgan fingerprint density at radius 3 is 2.23 bits per heavy atom. The second-order valence-electron chi connectivity index (χ2n) is 5.85. The standard InChI is InChI=1S/C20H20O2/c21-19-13-7-12-18(19)20(22,17-10-5-2-6-11-17)15-14-16-8-3-1-4-9-16/h1-6,8-11,14-15,18,22H,7,12-13H2/b15-14+. The van der Waals surface area contributed by atoms with Gasteiger partial charge < -0.3 is 5.11 Å².